The molecule has 0 amide bonds. The summed E-state index contributed by atoms with van der Waals surface area (Å²) in [6, 6.07) is 6.79. The maximum atomic E-state index is 10.9. The van der Waals surface area contributed by atoms with E-state index in [0.717, 1.165) is 0 Å². The Hall–Kier alpha value is -2.08. The van der Waals surface area contributed by atoms with Gasteiger partial charge < -0.3 is 10.1 Å². The number of nitrogens with zero attached hydrogens (tertiary/aromatic N) is 1. The van der Waals surface area contributed by atoms with Gasteiger partial charge in [0.25, 0.3) is 5.69 Å². The van der Waals surface area contributed by atoms with Crippen LogP contribution < -0.4 is 10.1 Å². The zero-order chi connectivity index (χ0) is 14.7. The number of nitro groups is 1. The van der Waals surface area contributed by atoms with Crippen LogP contribution in [-0.2, 0) is 6.54 Å². The molecule has 5 nitrogen and oxygen atoms in total. The van der Waals surface area contributed by atoms with Crippen molar-refractivity contribution in [3.05, 3.63) is 49.7 Å². The molecule has 6 heteroatoms. The lowest BCUT2D eigenvalue weighted by molar-refractivity contribution is -0.384. The Balaban J connectivity index is 2.16. The first-order valence-electron chi connectivity index (χ1n) is 6.13. The lowest BCUT2D eigenvalue weighted by atomic mass is 10.2. The predicted molar refractivity (Wildman–Crippen MR) is 80.8 cm³/mol. The SMILES string of the molecule is COc1cc(NCc2cc(C)c(C)s2)cc([N+](=O)[O-])c1. The van der Waals surface area contributed by atoms with Crippen LogP contribution in [0.15, 0.2) is 24.3 Å². The standard InChI is InChI=1S/C14H16N2O3S/c1-9-4-14(20-10(9)2)8-15-11-5-12(16(17)18)7-13(6-11)19-3/h4-7,15H,8H2,1-3H3. The monoisotopic (exact) mass is 292 g/mol. The van der Waals surface area contributed by atoms with Gasteiger partial charge in [-0.25, -0.2) is 0 Å². The highest BCUT2D eigenvalue weighted by atomic mass is 32.1. The van der Waals surface area contributed by atoms with Gasteiger partial charge in [-0.1, -0.05) is 0 Å². The number of methoxy groups -OCH3 is 1. The molecule has 0 unspecified atom stereocenters. The molecule has 1 N–H and O–H groups in total. The third-order valence-electron chi connectivity index (χ3n) is 3.02. The highest BCUT2D eigenvalue weighted by Gasteiger charge is 2.10. The van der Waals surface area contributed by atoms with Gasteiger partial charge in [-0.3, -0.25) is 10.1 Å². The van der Waals surface area contributed by atoms with Crippen molar-refractivity contribution in [3.8, 4) is 5.75 Å². The number of thiophene rings is 1. The van der Waals surface area contributed by atoms with Gasteiger partial charge >= 0.3 is 0 Å². The molecule has 0 atom stereocenters. The summed E-state index contributed by atoms with van der Waals surface area (Å²) in [6.07, 6.45) is 0. The molecule has 0 aliphatic rings. The molecular formula is C14H16N2O3S. The van der Waals surface area contributed by atoms with Crippen LogP contribution in [0, 0.1) is 24.0 Å². The van der Waals surface area contributed by atoms with Crippen LogP contribution in [0.3, 0.4) is 0 Å². The largest absolute Gasteiger partial charge is 0.496 e. The fraction of sp³-hybridized carbons (Fsp3) is 0.286. The lowest BCUT2D eigenvalue weighted by Crippen LogP contribution is -1.99. The summed E-state index contributed by atoms with van der Waals surface area (Å²) >= 11 is 1.73. The molecule has 1 aromatic carbocycles. The Morgan fingerprint density at radius 1 is 1.30 bits per heavy atom. The minimum Gasteiger partial charge on any atom is -0.496 e. The minimum atomic E-state index is -0.423. The fourth-order valence-electron chi connectivity index (χ4n) is 1.83. The zero-order valence-electron chi connectivity index (χ0n) is 11.6. The highest BCUT2D eigenvalue weighted by Crippen LogP contribution is 2.27. The number of rotatable bonds is 5. The lowest BCUT2D eigenvalue weighted by Gasteiger charge is -2.07. The van der Waals surface area contributed by atoms with Crippen molar-refractivity contribution in [2.24, 2.45) is 0 Å². The quantitative estimate of drug-likeness (QED) is 0.670. The van der Waals surface area contributed by atoms with Gasteiger partial charge in [-0.2, -0.15) is 0 Å². The maximum Gasteiger partial charge on any atom is 0.275 e. The number of nitro benzene ring substituents is 1. The van der Waals surface area contributed by atoms with E-state index in [9.17, 15) is 10.1 Å². The molecule has 0 aliphatic heterocycles. The van der Waals surface area contributed by atoms with E-state index in [0.29, 0.717) is 18.0 Å². The van der Waals surface area contributed by atoms with E-state index in [1.54, 1.807) is 17.4 Å². The van der Waals surface area contributed by atoms with Crippen molar-refractivity contribution in [1.82, 2.24) is 0 Å². The van der Waals surface area contributed by atoms with Crippen LogP contribution in [-0.4, -0.2) is 12.0 Å². The second-order valence-corrected chi connectivity index (χ2v) is 5.82. The number of non-ortho nitro benzene ring substituents is 1. The summed E-state index contributed by atoms with van der Waals surface area (Å²) in [6.45, 7) is 4.80. The van der Waals surface area contributed by atoms with Crippen molar-refractivity contribution >= 4 is 22.7 Å². The topological polar surface area (TPSA) is 64.4 Å². The number of aryl methyl sites for hydroxylation is 2. The number of hydrogen-bond acceptors (Lipinski definition) is 5. The molecule has 0 saturated heterocycles. The molecule has 0 spiro atoms. The normalized spacial score (nSPS) is 10.3. The Bertz CT molecular complexity index is 618. The minimum absolute atomic E-state index is 0.0189. The van der Waals surface area contributed by atoms with Gasteiger partial charge in [0.05, 0.1) is 18.1 Å². The molecule has 2 rings (SSSR count). The number of ether oxygens (including phenoxy) is 1. The summed E-state index contributed by atoms with van der Waals surface area (Å²) in [7, 11) is 1.49. The first-order chi connectivity index (χ1) is 9.49. The van der Waals surface area contributed by atoms with Crippen molar-refractivity contribution in [2.45, 2.75) is 20.4 Å². The Morgan fingerprint density at radius 2 is 2.05 bits per heavy atom. The maximum absolute atomic E-state index is 10.9. The smallest absolute Gasteiger partial charge is 0.275 e. The van der Waals surface area contributed by atoms with E-state index in [4.69, 9.17) is 4.74 Å². The van der Waals surface area contributed by atoms with Crippen molar-refractivity contribution in [3.63, 3.8) is 0 Å². The van der Waals surface area contributed by atoms with E-state index in [1.165, 1.54) is 34.6 Å². The van der Waals surface area contributed by atoms with Gasteiger partial charge in [0, 0.05) is 34.1 Å². The Kier molecular flexibility index (Phi) is 4.24. The van der Waals surface area contributed by atoms with Gasteiger partial charge in [-0.05, 0) is 25.5 Å². The van der Waals surface area contributed by atoms with Crippen LogP contribution in [0.25, 0.3) is 0 Å². The summed E-state index contributed by atoms with van der Waals surface area (Å²) in [5.41, 5.74) is 1.97. The van der Waals surface area contributed by atoms with Crippen LogP contribution in [0.5, 0.6) is 5.75 Å². The Morgan fingerprint density at radius 3 is 2.60 bits per heavy atom. The van der Waals surface area contributed by atoms with Gasteiger partial charge in [0.15, 0.2) is 0 Å². The molecule has 0 bridgehead atoms. The number of anilines is 1. The van der Waals surface area contributed by atoms with Crippen LogP contribution >= 0.6 is 11.3 Å². The fourth-order valence-corrected chi connectivity index (χ4v) is 2.83. The molecular weight excluding hydrogens is 276 g/mol. The second-order valence-electron chi connectivity index (χ2n) is 4.48. The van der Waals surface area contributed by atoms with Gasteiger partial charge in [0.1, 0.15) is 5.75 Å². The highest BCUT2D eigenvalue weighted by molar-refractivity contribution is 7.12. The average molecular weight is 292 g/mol. The van der Waals surface area contributed by atoms with Crippen LogP contribution in [0.1, 0.15) is 15.3 Å². The van der Waals surface area contributed by atoms with Crippen molar-refractivity contribution < 1.29 is 9.66 Å². The summed E-state index contributed by atoms with van der Waals surface area (Å²) < 4.78 is 5.08. The molecule has 20 heavy (non-hydrogen) atoms. The van der Waals surface area contributed by atoms with E-state index in [2.05, 4.69) is 25.2 Å². The predicted octanol–water partition coefficient (Wildman–Crippen LogP) is 3.89. The van der Waals surface area contributed by atoms with Crippen LogP contribution in [0.2, 0.25) is 0 Å². The van der Waals surface area contributed by atoms with E-state index >= 15 is 0 Å². The third-order valence-corrected chi connectivity index (χ3v) is 4.17. The van der Waals surface area contributed by atoms with E-state index < -0.39 is 4.92 Å². The van der Waals surface area contributed by atoms with Crippen molar-refractivity contribution in [2.75, 3.05) is 12.4 Å². The van der Waals surface area contributed by atoms with Crippen molar-refractivity contribution in [1.29, 1.82) is 0 Å². The molecule has 2 aromatic rings. The average Bonchev–Trinajstić information content (AvgIpc) is 2.75. The Labute approximate surface area is 121 Å². The third kappa shape index (κ3) is 3.27. The van der Waals surface area contributed by atoms with Gasteiger partial charge in [0.2, 0.25) is 0 Å². The number of benzene rings is 1. The number of nitrogens with one attached hydrogen (secondary N) is 1. The zero-order valence-corrected chi connectivity index (χ0v) is 12.4. The molecule has 1 aromatic heterocycles. The van der Waals surface area contributed by atoms with E-state index in [-0.39, 0.29) is 5.69 Å². The van der Waals surface area contributed by atoms with E-state index in [1.807, 2.05) is 0 Å². The second kappa shape index (κ2) is 5.92. The number of hydrogen-bond donors (Lipinski definition) is 1. The molecule has 0 radical (unpaired) electrons. The molecule has 0 saturated carbocycles. The van der Waals surface area contributed by atoms with Gasteiger partial charge in [-0.15, -0.1) is 11.3 Å². The molecule has 0 fully saturated rings. The summed E-state index contributed by atoms with van der Waals surface area (Å²) in [4.78, 5) is 12.9. The first kappa shape index (κ1) is 14.3. The van der Waals surface area contributed by atoms with Crippen LogP contribution in [0.4, 0.5) is 11.4 Å². The molecule has 0 aliphatic carbocycles. The molecule has 1 heterocycles. The summed E-state index contributed by atoms with van der Waals surface area (Å²) in [5, 5.41) is 14.1. The summed E-state index contributed by atoms with van der Waals surface area (Å²) in [5.74, 6) is 0.472. The first-order valence-corrected chi connectivity index (χ1v) is 6.94. The molecule has 106 valence electrons.